The van der Waals surface area contributed by atoms with Gasteiger partial charge >= 0.3 is 0 Å². The van der Waals surface area contributed by atoms with Crippen LogP contribution in [0.3, 0.4) is 0 Å². The maximum absolute atomic E-state index is 12.7. The Morgan fingerprint density at radius 1 is 1.29 bits per heavy atom. The third-order valence-electron chi connectivity index (χ3n) is 2.70. The third kappa shape index (κ3) is 3.25. The minimum atomic E-state index is -0.595. The molecule has 1 heterocycles. The number of halogens is 1. The van der Waals surface area contributed by atoms with E-state index in [0.717, 1.165) is 32.5 Å². The van der Waals surface area contributed by atoms with Crippen molar-refractivity contribution in [2.75, 3.05) is 26.2 Å². The molecule has 1 fully saturated rings. The summed E-state index contributed by atoms with van der Waals surface area (Å²) in [6.07, 6.45) is 0.178. The highest BCUT2D eigenvalue weighted by Crippen LogP contribution is 2.14. The topological polar surface area (TPSA) is 41.6 Å². The Labute approximate surface area is 99.4 Å². The number of nitrogens with zero attached hydrogens (tertiary/aromatic N) is 1. The molecule has 4 nitrogen and oxygen atoms in total. The van der Waals surface area contributed by atoms with Crippen LogP contribution in [0, 0.1) is 5.82 Å². The first-order valence-corrected chi connectivity index (χ1v) is 5.62. The van der Waals surface area contributed by atoms with Gasteiger partial charge in [-0.05, 0) is 24.3 Å². The first-order chi connectivity index (χ1) is 8.29. The largest absolute Gasteiger partial charge is 0.468 e. The lowest BCUT2D eigenvalue weighted by Gasteiger charge is -2.31. The van der Waals surface area contributed by atoms with Gasteiger partial charge in [0, 0.05) is 26.2 Å². The highest BCUT2D eigenvalue weighted by Gasteiger charge is 2.21. The van der Waals surface area contributed by atoms with Crippen molar-refractivity contribution in [2.45, 2.75) is 6.23 Å². The summed E-state index contributed by atoms with van der Waals surface area (Å²) in [6, 6.07) is 5.67. The Bertz CT molecular complexity index is 363. The van der Waals surface area contributed by atoms with Crippen LogP contribution >= 0.6 is 0 Å². The van der Waals surface area contributed by atoms with Crippen molar-refractivity contribution < 1.29 is 13.9 Å². The van der Waals surface area contributed by atoms with Crippen molar-refractivity contribution in [3.05, 3.63) is 30.1 Å². The molecule has 1 aliphatic rings. The minimum Gasteiger partial charge on any atom is -0.468 e. The van der Waals surface area contributed by atoms with Gasteiger partial charge in [0.2, 0.25) is 6.23 Å². The molecule has 2 rings (SSSR count). The Morgan fingerprint density at radius 3 is 2.53 bits per heavy atom. The first-order valence-electron chi connectivity index (χ1n) is 5.62. The number of piperazine rings is 1. The van der Waals surface area contributed by atoms with Gasteiger partial charge in [0.25, 0.3) is 0 Å². The number of carbonyl (C=O) groups excluding carboxylic acids is 1. The molecular formula is C12H15FN2O2. The standard InChI is InChI=1S/C12H15FN2O2/c13-10-1-3-11(4-2-10)17-12(9-16)15-7-5-14-6-8-15/h1-4,9,12,14H,5-8H2. The summed E-state index contributed by atoms with van der Waals surface area (Å²) in [4.78, 5) is 13.0. The van der Waals surface area contributed by atoms with Crippen LogP contribution in [0.4, 0.5) is 4.39 Å². The zero-order valence-electron chi connectivity index (χ0n) is 9.43. The van der Waals surface area contributed by atoms with Crippen LogP contribution in [0.1, 0.15) is 0 Å². The van der Waals surface area contributed by atoms with Gasteiger partial charge in [-0.25, -0.2) is 4.39 Å². The van der Waals surface area contributed by atoms with Gasteiger partial charge in [-0.3, -0.25) is 9.69 Å². The monoisotopic (exact) mass is 238 g/mol. The summed E-state index contributed by atoms with van der Waals surface area (Å²) < 4.78 is 18.2. The zero-order chi connectivity index (χ0) is 12.1. The van der Waals surface area contributed by atoms with E-state index in [2.05, 4.69) is 5.32 Å². The van der Waals surface area contributed by atoms with E-state index in [9.17, 15) is 9.18 Å². The number of ether oxygens (including phenoxy) is 1. The molecule has 17 heavy (non-hydrogen) atoms. The Kier molecular flexibility index (Phi) is 4.06. The number of carbonyl (C=O) groups is 1. The number of rotatable bonds is 4. The molecule has 1 unspecified atom stereocenters. The van der Waals surface area contributed by atoms with E-state index in [1.54, 1.807) is 0 Å². The van der Waals surface area contributed by atoms with E-state index < -0.39 is 6.23 Å². The van der Waals surface area contributed by atoms with Crippen molar-refractivity contribution in [2.24, 2.45) is 0 Å². The number of benzene rings is 1. The Balaban J connectivity index is 1.98. The lowest BCUT2D eigenvalue weighted by atomic mass is 10.3. The highest BCUT2D eigenvalue weighted by molar-refractivity contribution is 5.56. The van der Waals surface area contributed by atoms with Gasteiger partial charge in [-0.15, -0.1) is 0 Å². The quantitative estimate of drug-likeness (QED) is 0.781. The van der Waals surface area contributed by atoms with Crippen LogP contribution in [0.15, 0.2) is 24.3 Å². The highest BCUT2D eigenvalue weighted by atomic mass is 19.1. The van der Waals surface area contributed by atoms with Crippen molar-refractivity contribution in [1.82, 2.24) is 10.2 Å². The number of hydrogen-bond acceptors (Lipinski definition) is 4. The molecule has 92 valence electrons. The number of nitrogens with one attached hydrogen (secondary N) is 1. The Hall–Kier alpha value is -1.46. The van der Waals surface area contributed by atoms with Crippen LogP contribution in [0.2, 0.25) is 0 Å². The van der Waals surface area contributed by atoms with E-state index in [1.807, 2.05) is 4.90 Å². The lowest BCUT2D eigenvalue weighted by Crippen LogP contribution is -2.51. The second-order valence-electron chi connectivity index (χ2n) is 3.88. The van der Waals surface area contributed by atoms with E-state index in [-0.39, 0.29) is 5.82 Å². The fourth-order valence-corrected chi connectivity index (χ4v) is 1.78. The zero-order valence-corrected chi connectivity index (χ0v) is 9.43. The number of hydrogen-bond donors (Lipinski definition) is 1. The molecule has 0 aromatic heterocycles. The molecule has 0 amide bonds. The molecule has 0 radical (unpaired) electrons. The SMILES string of the molecule is O=CC(Oc1ccc(F)cc1)N1CCNCC1. The molecule has 1 N–H and O–H groups in total. The molecule has 0 aliphatic carbocycles. The summed E-state index contributed by atoms with van der Waals surface area (Å²) in [5.74, 6) is 0.184. The summed E-state index contributed by atoms with van der Waals surface area (Å²) in [7, 11) is 0. The smallest absolute Gasteiger partial charge is 0.209 e. The van der Waals surface area contributed by atoms with Crippen molar-refractivity contribution >= 4 is 6.29 Å². The molecule has 1 aromatic rings. The summed E-state index contributed by atoms with van der Waals surface area (Å²) >= 11 is 0. The molecule has 5 heteroatoms. The normalized spacial score (nSPS) is 18.6. The van der Waals surface area contributed by atoms with Crippen molar-refractivity contribution in [3.63, 3.8) is 0 Å². The van der Waals surface area contributed by atoms with Crippen LogP contribution in [0.5, 0.6) is 5.75 Å². The molecule has 0 bridgehead atoms. The van der Waals surface area contributed by atoms with Gasteiger partial charge in [-0.1, -0.05) is 0 Å². The van der Waals surface area contributed by atoms with E-state index in [0.29, 0.717) is 5.75 Å². The minimum absolute atomic E-state index is 0.317. The van der Waals surface area contributed by atoms with Crippen molar-refractivity contribution in [1.29, 1.82) is 0 Å². The van der Waals surface area contributed by atoms with Crippen LogP contribution in [-0.4, -0.2) is 43.6 Å². The molecule has 1 aliphatic heterocycles. The maximum atomic E-state index is 12.7. The summed E-state index contributed by atoms with van der Waals surface area (Å²) in [6.45, 7) is 3.23. The molecule has 0 saturated carbocycles. The molecule has 1 atom stereocenters. The third-order valence-corrected chi connectivity index (χ3v) is 2.70. The van der Waals surface area contributed by atoms with Crippen LogP contribution < -0.4 is 10.1 Å². The molecule has 1 saturated heterocycles. The van der Waals surface area contributed by atoms with E-state index in [4.69, 9.17) is 4.74 Å². The van der Waals surface area contributed by atoms with Gasteiger partial charge in [0.05, 0.1) is 0 Å². The average molecular weight is 238 g/mol. The van der Waals surface area contributed by atoms with Gasteiger partial charge in [0.15, 0.2) is 6.29 Å². The predicted octanol–water partition coefficient (Wildman–Crippen LogP) is 0.635. The fraction of sp³-hybridized carbons (Fsp3) is 0.417. The lowest BCUT2D eigenvalue weighted by molar-refractivity contribution is -0.122. The second-order valence-corrected chi connectivity index (χ2v) is 3.88. The summed E-state index contributed by atoms with van der Waals surface area (Å²) in [5.41, 5.74) is 0. The fourth-order valence-electron chi connectivity index (χ4n) is 1.78. The van der Waals surface area contributed by atoms with Crippen molar-refractivity contribution in [3.8, 4) is 5.75 Å². The molecule has 0 spiro atoms. The molecular weight excluding hydrogens is 223 g/mol. The Morgan fingerprint density at radius 2 is 1.94 bits per heavy atom. The predicted molar refractivity (Wildman–Crippen MR) is 61.3 cm³/mol. The van der Waals surface area contributed by atoms with Gasteiger partial charge in [-0.2, -0.15) is 0 Å². The first kappa shape index (κ1) is 12.0. The van der Waals surface area contributed by atoms with Crippen LogP contribution in [0.25, 0.3) is 0 Å². The van der Waals surface area contributed by atoms with Gasteiger partial charge in [0.1, 0.15) is 11.6 Å². The molecule has 1 aromatic carbocycles. The van der Waals surface area contributed by atoms with E-state index >= 15 is 0 Å². The van der Waals surface area contributed by atoms with E-state index in [1.165, 1.54) is 24.3 Å². The summed E-state index contributed by atoms with van der Waals surface area (Å²) in [5, 5.41) is 3.20. The van der Waals surface area contributed by atoms with Gasteiger partial charge < -0.3 is 10.1 Å². The maximum Gasteiger partial charge on any atom is 0.209 e. The second kappa shape index (κ2) is 5.75. The van der Waals surface area contributed by atoms with Crippen LogP contribution in [-0.2, 0) is 4.79 Å². The average Bonchev–Trinajstić information content (AvgIpc) is 2.39. The number of aldehydes is 1.